The lowest BCUT2D eigenvalue weighted by atomic mass is 9.48. The third-order valence-corrected chi connectivity index (χ3v) is 8.76. The normalized spacial score (nSPS) is 26.7. The number of allylic oxidation sites excluding steroid dienone is 2. The average molecular weight is 580 g/mol. The smallest absolute Gasteiger partial charge is 0.405 e. The standard InChI is InChI=1S/C31H36F3N7O/c1-2-5-20(8-9-35)16-37-27-23-10-21-11-24(27)14-30(12-21,13-23)19-40-28-25(15-36)18-39-29(41-28)38-17-22-6-3-4-7-26(22)42-31(32,33)34/h2-9,18,21,23-24,27,37H,1,10-14,16-17,19,35H2,(H2,38,39,40,41)/b9-8-,20-5+/t21?,23-,24+,27?,30?. The Morgan fingerprint density at radius 1 is 1.19 bits per heavy atom. The molecule has 4 aliphatic rings. The first-order valence-electron chi connectivity index (χ1n) is 14.2. The molecule has 4 fully saturated rings. The molecule has 8 nitrogen and oxygen atoms in total. The second-order valence-electron chi connectivity index (χ2n) is 11.6. The van der Waals surface area contributed by atoms with Gasteiger partial charge in [0.2, 0.25) is 5.95 Å². The number of rotatable bonds is 12. The van der Waals surface area contributed by atoms with Gasteiger partial charge in [-0.15, -0.1) is 13.2 Å². The van der Waals surface area contributed by atoms with E-state index in [4.69, 9.17) is 5.73 Å². The van der Waals surface area contributed by atoms with Crippen molar-refractivity contribution in [1.82, 2.24) is 15.3 Å². The van der Waals surface area contributed by atoms with Gasteiger partial charge in [-0.25, -0.2) is 4.98 Å². The molecule has 0 amide bonds. The molecule has 2 aromatic rings. The van der Waals surface area contributed by atoms with E-state index in [2.05, 4.69) is 43.3 Å². The largest absolute Gasteiger partial charge is 0.573 e. The van der Waals surface area contributed by atoms with Gasteiger partial charge in [0.15, 0.2) is 0 Å². The van der Waals surface area contributed by atoms with Crippen LogP contribution in [0.3, 0.4) is 0 Å². The summed E-state index contributed by atoms with van der Waals surface area (Å²) >= 11 is 0. The molecule has 4 aliphatic carbocycles. The van der Waals surface area contributed by atoms with Crippen molar-refractivity contribution >= 4 is 11.8 Å². The first-order valence-corrected chi connectivity index (χ1v) is 14.2. The molecule has 1 heterocycles. The number of aromatic nitrogens is 2. The van der Waals surface area contributed by atoms with Crippen molar-refractivity contribution in [3.8, 4) is 11.8 Å². The van der Waals surface area contributed by atoms with Crippen LogP contribution in [0.4, 0.5) is 24.9 Å². The predicted octanol–water partition coefficient (Wildman–Crippen LogP) is 5.64. The fraction of sp³-hybridized carbons (Fsp3) is 0.452. The van der Waals surface area contributed by atoms with Crippen molar-refractivity contribution in [3.63, 3.8) is 0 Å². The van der Waals surface area contributed by atoms with Gasteiger partial charge >= 0.3 is 6.36 Å². The van der Waals surface area contributed by atoms with Gasteiger partial charge in [-0.3, -0.25) is 0 Å². The van der Waals surface area contributed by atoms with E-state index in [-0.39, 0.29) is 23.7 Å². The van der Waals surface area contributed by atoms with Crippen LogP contribution in [0.15, 0.2) is 67.0 Å². The van der Waals surface area contributed by atoms with Gasteiger partial charge in [0.25, 0.3) is 0 Å². The Morgan fingerprint density at radius 2 is 1.95 bits per heavy atom. The number of anilines is 2. The molecule has 0 spiro atoms. The van der Waals surface area contributed by atoms with Crippen molar-refractivity contribution in [3.05, 3.63) is 78.2 Å². The average Bonchev–Trinajstić information content (AvgIpc) is 2.94. The zero-order chi connectivity index (χ0) is 29.7. The Balaban J connectivity index is 1.23. The zero-order valence-electron chi connectivity index (χ0n) is 23.3. The highest BCUT2D eigenvalue weighted by Crippen LogP contribution is 2.60. The summed E-state index contributed by atoms with van der Waals surface area (Å²) in [6, 6.07) is 8.52. The highest BCUT2D eigenvalue weighted by Gasteiger charge is 2.55. The maximum atomic E-state index is 12.8. The number of alkyl halides is 3. The lowest BCUT2D eigenvalue weighted by molar-refractivity contribution is -0.274. The van der Waals surface area contributed by atoms with Crippen molar-refractivity contribution in [2.75, 3.05) is 23.7 Å². The van der Waals surface area contributed by atoms with Crippen LogP contribution in [0.5, 0.6) is 5.75 Å². The number of nitrogens with zero attached hydrogens (tertiary/aromatic N) is 3. The number of nitrogens with two attached hydrogens (primary N) is 1. The number of ether oxygens (including phenoxy) is 1. The molecule has 5 atom stereocenters. The van der Waals surface area contributed by atoms with E-state index in [1.807, 2.05) is 12.2 Å². The maximum absolute atomic E-state index is 12.8. The lowest BCUT2D eigenvalue weighted by Crippen LogP contribution is -2.59. The molecule has 4 bridgehead atoms. The van der Waals surface area contributed by atoms with Crippen LogP contribution < -0.4 is 26.4 Å². The van der Waals surface area contributed by atoms with Crippen LogP contribution >= 0.6 is 0 Å². The van der Waals surface area contributed by atoms with Crippen LogP contribution in [-0.2, 0) is 6.54 Å². The summed E-state index contributed by atoms with van der Waals surface area (Å²) in [5.74, 6) is 2.22. The van der Waals surface area contributed by atoms with Gasteiger partial charge in [0.1, 0.15) is 23.2 Å². The van der Waals surface area contributed by atoms with Gasteiger partial charge < -0.3 is 26.4 Å². The second kappa shape index (κ2) is 12.4. The minimum atomic E-state index is -4.79. The molecule has 42 heavy (non-hydrogen) atoms. The Bertz CT molecular complexity index is 1370. The first-order chi connectivity index (χ1) is 20.2. The number of halogens is 3. The molecule has 5 N–H and O–H groups in total. The summed E-state index contributed by atoms with van der Waals surface area (Å²) < 4.78 is 42.5. The Morgan fingerprint density at radius 3 is 2.64 bits per heavy atom. The number of nitriles is 1. The summed E-state index contributed by atoms with van der Waals surface area (Å²) in [5.41, 5.74) is 7.47. The SMILES string of the molecule is C=C/C=C(\C=C/N)CNC1[C@@H]2CC3C[C@H]1CC(CNc1nc(NCc4ccccc4OC(F)(F)F)ncc1C#N)(C3)C2. The fourth-order valence-corrected chi connectivity index (χ4v) is 7.43. The van der Waals surface area contributed by atoms with E-state index in [9.17, 15) is 18.4 Å². The number of hydrogen-bond acceptors (Lipinski definition) is 8. The van der Waals surface area contributed by atoms with Gasteiger partial charge in [-0.2, -0.15) is 10.2 Å². The minimum Gasteiger partial charge on any atom is -0.405 e. The number of para-hydroxylation sites is 1. The van der Waals surface area contributed by atoms with Gasteiger partial charge in [-0.1, -0.05) is 36.9 Å². The van der Waals surface area contributed by atoms with Gasteiger partial charge in [0, 0.05) is 31.2 Å². The fourth-order valence-electron chi connectivity index (χ4n) is 7.43. The number of nitrogens with one attached hydrogen (secondary N) is 3. The Kier molecular flexibility index (Phi) is 8.73. The third-order valence-electron chi connectivity index (χ3n) is 8.76. The van der Waals surface area contributed by atoms with Crippen molar-refractivity contribution in [1.29, 1.82) is 5.26 Å². The topological polar surface area (TPSA) is 121 Å². The molecule has 3 unspecified atom stereocenters. The van der Waals surface area contributed by atoms with E-state index >= 15 is 0 Å². The second-order valence-corrected chi connectivity index (χ2v) is 11.6. The van der Waals surface area contributed by atoms with Crippen molar-refractivity contribution < 1.29 is 17.9 Å². The highest BCUT2D eigenvalue weighted by atomic mass is 19.4. The molecule has 0 saturated heterocycles. The molecular weight excluding hydrogens is 543 g/mol. The number of hydrogen-bond donors (Lipinski definition) is 4. The Labute approximate surface area is 243 Å². The maximum Gasteiger partial charge on any atom is 0.573 e. The molecule has 11 heteroatoms. The third kappa shape index (κ3) is 6.87. The quantitative estimate of drug-likeness (QED) is 0.239. The van der Waals surface area contributed by atoms with Crippen LogP contribution in [0.1, 0.15) is 43.2 Å². The van der Waals surface area contributed by atoms with Gasteiger partial charge in [0.05, 0.1) is 6.20 Å². The van der Waals surface area contributed by atoms with E-state index in [0.717, 1.165) is 31.4 Å². The minimum absolute atomic E-state index is 0.0196. The first kappa shape index (κ1) is 29.5. The monoisotopic (exact) mass is 579 g/mol. The van der Waals surface area contributed by atoms with E-state index < -0.39 is 6.36 Å². The van der Waals surface area contributed by atoms with Crippen LogP contribution in [0, 0.1) is 34.5 Å². The van der Waals surface area contributed by atoms with Crippen LogP contribution in [-0.4, -0.2) is 35.5 Å². The zero-order valence-corrected chi connectivity index (χ0v) is 23.3. The van der Waals surface area contributed by atoms with Crippen molar-refractivity contribution in [2.45, 2.75) is 51.1 Å². The summed E-state index contributed by atoms with van der Waals surface area (Å²) in [4.78, 5) is 8.71. The Hall–Kier alpha value is -4.04. The molecule has 1 aromatic heterocycles. The molecule has 0 radical (unpaired) electrons. The van der Waals surface area contributed by atoms with Crippen LogP contribution in [0.2, 0.25) is 0 Å². The molecule has 0 aliphatic heterocycles. The van der Waals surface area contributed by atoms with E-state index in [1.165, 1.54) is 37.2 Å². The molecule has 6 rings (SSSR count). The molecule has 222 valence electrons. The lowest BCUT2D eigenvalue weighted by Gasteiger charge is -2.60. The van der Waals surface area contributed by atoms with Crippen LogP contribution in [0.25, 0.3) is 0 Å². The summed E-state index contributed by atoms with van der Waals surface area (Å²) in [6.07, 6.45) is 9.68. The molecule has 1 aromatic carbocycles. The number of benzene rings is 1. The summed E-state index contributed by atoms with van der Waals surface area (Å²) in [5, 5.41) is 19.9. The molecular formula is C31H36F3N7O. The molecule has 4 saturated carbocycles. The highest BCUT2D eigenvalue weighted by molar-refractivity contribution is 5.53. The summed E-state index contributed by atoms with van der Waals surface area (Å²) in [6.45, 7) is 5.28. The van der Waals surface area contributed by atoms with Gasteiger partial charge in [-0.05, 0) is 79.2 Å². The predicted molar refractivity (Wildman–Crippen MR) is 155 cm³/mol. The van der Waals surface area contributed by atoms with E-state index in [1.54, 1.807) is 18.3 Å². The van der Waals surface area contributed by atoms with Crippen molar-refractivity contribution in [2.24, 2.45) is 28.9 Å². The summed E-state index contributed by atoms with van der Waals surface area (Å²) in [7, 11) is 0. The van der Waals surface area contributed by atoms with E-state index in [0.29, 0.717) is 47.3 Å².